The average molecular weight is 288 g/mol. The summed E-state index contributed by atoms with van der Waals surface area (Å²) in [5, 5.41) is 0.0992. The minimum absolute atomic E-state index is 0.0992. The Bertz CT molecular complexity index is 364. The summed E-state index contributed by atoms with van der Waals surface area (Å²) in [6.45, 7) is 5.35. The molecule has 0 saturated heterocycles. The van der Waals surface area contributed by atoms with Crippen LogP contribution >= 0.6 is 11.6 Å². The second kappa shape index (κ2) is 9.78. The maximum atomic E-state index is 5.79. The van der Waals surface area contributed by atoms with E-state index in [9.17, 15) is 0 Å². The van der Waals surface area contributed by atoms with Crippen molar-refractivity contribution < 1.29 is 9.47 Å². The van der Waals surface area contributed by atoms with Crippen LogP contribution in [0.1, 0.15) is 52.4 Å². The fourth-order valence-electron chi connectivity index (χ4n) is 1.51. The lowest BCUT2D eigenvalue weighted by atomic mass is 10.2. The van der Waals surface area contributed by atoms with Crippen molar-refractivity contribution in [2.24, 2.45) is 0 Å². The maximum absolute atomic E-state index is 5.79. The Morgan fingerprint density at radius 1 is 0.789 bits per heavy atom. The molecule has 0 amide bonds. The normalized spacial score (nSPS) is 10.5. The van der Waals surface area contributed by atoms with Gasteiger partial charge in [-0.25, -0.2) is 0 Å². The fourth-order valence-corrected chi connectivity index (χ4v) is 1.65. The van der Waals surface area contributed by atoms with Crippen molar-refractivity contribution in [3.8, 4) is 12.0 Å². The Kier molecular flexibility index (Phi) is 8.21. The molecule has 1 aromatic heterocycles. The number of hydrogen-bond acceptors (Lipinski definition) is 5. The van der Waals surface area contributed by atoms with Crippen LogP contribution in [0.5, 0.6) is 12.0 Å². The molecule has 0 bridgehead atoms. The number of ether oxygens (including phenoxy) is 2. The van der Waals surface area contributed by atoms with Gasteiger partial charge >= 0.3 is 12.0 Å². The molecule has 0 aliphatic heterocycles. The van der Waals surface area contributed by atoms with Gasteiger partial charge in [0.05, 0.1) is 13.2 Å². The molecule has 0 saturated carbocycles. The van der Waals surface area contributed by atoms with E-state index in [2.05, 4.69) is 21.9 Å². The summed E-state index contributed by atoms with van der Waals surface area (Å²) in [4.78, 5) is 11.9. The minimum Gasteiger partial charge on any atom is -0.463 e. The molecule has 5 nitrogen and oxygen atoms in total. The molecule has 0 spiro atoms. The summed E-state index contributed by atoms with van der Waals surface area (Å²) >= 11 is 5.79. The smallest absolute Gasteiger partial charge is 0.323 e. The van der Waals surface area contributed by atoms with Crippen molar-refractivity contribution in [3.05, 3.63) is 5.28 Å². The van der Waals surface area contributed by atoms with Gasteiger partial charge in [-0.15, -0.1) is 4.98 Å². The molecule has 0 aromatic carbocycles. The third kappa shape index (κ3) is 7.15. The second-order valence-corrected chi connectivity index (χ2v) is 4.62. The molecule has 0 aliphatic rings. The third-order valence-corrected chi connectivity index (χ3v) is 2.65. The highest BCUT2D eigenvalue weighted by molar-refractivity contribution is 6.28. The van der Waals surface area contributed by atoms with Crippen molar-refractivity contribution in [1.82, 2.24) is 15.0 Å². The average Bonchev–Trinajstić information content (AvgIpc) is 2.40. The lowest BCUT2D eigenvalue weighted by Gasteiger charge is -2.06. The molecular weight excluding hydrogens is 266 g/mol. The molecule has 6 heteroatoms. The maximum Gasteiger partial charge on any atom is 0.323 e. The first-order valence-corrected chi connectivity index (χ1v) is 7.31. The first kappa shape index (κ1) is 16.0. The standard InChI is InChI=1S/C13H22ClN3O2/c1-3-5-6-7-8-10-19-13-16-11(14)15-12(17-13)18-9-4-2/h3-10H2,1-2H3. The Morgan fingerprint density at radius 2 is 1.42 bits per heavy atom. The summed E-state index contributed by atoms with van der Waals surface area (Å²) in [5.41, 5.74) is 0. The summed E-state index contributed by atoms with van der Waals surface area (Å²) < 4.78 is 10.8. The van der Waals surface area contributed by atoms with Crippen LogP contribution in [0.2, 0.25) is 5.28 Å². The summed E-state index contributed by atoms with van der Waals surface area (Å²) in [5.74, 6) is 0. The van der Waals surface area contributed by atoms with Crippen molar-refractivity contribution in [2.75, 3.05) is 13.2 Å². The van der Waals surface area contributed by atoms with Gasteiger partial charge in [-0.2, -0.15) is 9.97 Å². The van der Waals surface area contributed by atoms with Crippen molar-refractivity contribution >= 4 is 11.6 Å². The van der Waals surface area contributed by atoms with Crippen LogP contribution < -0.4 is 9.47 Å². The molecule has 0 aliphatic carbocycles. The van der Waals surface area contributed by atoms with Gasteiger partial charge in [-0.1, -0.05) is 39.5 Å². The van der Waals surface area contributed by atoms with E-state index in [1.807, 2.05) is 6.92 Å². The van der Waals surface area contributed by atoms with E-state index in [4.69, 9.17) is 21.1 Å². The molecule has 0 radical (unpaired) electrons. The molecular formula is C13H22ClN3O2. The Morgan fingerprint density at radius 3 is 2.05 bits per heavy atom. The van der Waals surface area contributed by atoms with E-state index in [1.54, 1.807) is 0 Å². The van der Waals surface area contributed by atoms with E-state index in [0.29, 0.717) is 13.2 Å². The van der Waals surface area contributed by atoms with E-state index >= 15 is 0 Å². The predicted octanol–water partition coefficient (Wildman–Crippen LogP) is 3.66. The summed E-state index contributed by atoms with van der Waals surface area (Å²) in [6.07, 6.45) is 6.79. The van der Waals surface area contributed by atoms with Crippen LogP contribution in [0.25, 0.3) is 0 Å². The Labute approximate surface area is 119 Å². The van der Waals surface area contributed by atoms with Crippen LogP contribution in [-0.2, 0) is 0 Å². The molecule has 0 N–H and O–H groups in total. The van der Waals surface area contributed by atoms with Gasteiger partial charge in [0.1, 0.15) is 0 Å². The van der Waals surface area contributed by atoms with Crippen LogP contribution in [0.3, 0.4) is 0 Å². The van der Waals surface area contributed by atoms with Crippen LogP contribution in [0.4, 0.5) is 0 Å². The van der Waals surface area contributed by atoms with Gasteiger partial charge < -0.3 is 9.47 Å². The zero-order valence-corrected chi connectivity index (χ0v) is 12.4. The van der Waals surface area contributed by atoms with Crippen LogP contribution in [-0.4, -0.2) is 28.2 Å². The van der Waals surface area contributed by atoms with Crippen molar-refractivity contribution in [3.63, 3.8) is 0 Å². The predicted molar refractivity (Wildman–Crippen MR) is 74.9 cm³/mol. The van der Waals surface area contributed by atoms with Crippen molar-refractivity contribution in [2.45, 2.75) is 52.4 Å². The quantitative estimate of drug-likeness (QED) is 0.615. The van der Waals surface area contributed by atoms with Gasteiger partial charge in [-0.05, 0) is 24.4 Å². The number of nitrogens with zero attached hydrogens (tertiary/aromatic N) is 3. The Balaban J connectivity index is 2.34. The van der Waals surface area contributed by atoms with E-state index in [-0.39, 0.29) is 17.3 Å². The van der Waals surface area contributed by atoms with Gasteiger partial charge in [0, 0.05) is 0 Å². The second-order valence-electron chi connectivity index (χ2n) is 4.28. The topological polar surface area (TPSA) is 57.1 Å². The zero-order chi connectivity index (χ0) is 13.9. The van der Waals surface area contributed by atoms with E-state index in [0.717, 1.165) is 19.3 Å². The Hall–Kier alpha value is -1.10. The summed E-state index contributed by atoms with van der Waals surface area (Å²) in [7, 11) is 0. The van der Waals surface area contributed by atoms with Gasteiger partial charge in [0.2, 0.25) is 5.28 Å². The third-order valence-electron chi connectivity index (χ3n) is 2.48. The van der Waals surface area contributed by atoms with Crippen LogP contribution in [0.15, 0.2) is 0 Å². The fraction of sp³-hybridized carbons (Fsp3) is 0.769. The van der Waals surface area contributed by atoms with Gasteiger partial charge in [-0.3, -0.25) is 0 Å². The molecule has 108 valence electrons. The van der Waals surface area contributed by atoms with E-state index < -0.39 is 0 Å². The monoisotopic (exact) mass is 287 g/mol. The highest BCUT2D eigenvalue weighted by Crippen LogP contribution is 2.13. The lowest BCUT2D eigenvalue weighted by molar-refractivity contribution is 0.256. The molecule has 0 unspecified atom stereocenters. The molecule has 0 atom stereocenters. The number of aromatic nitrogens is 3. The zero-order valence-electron chi connectivity index (χ0n) is 11.7. The minimum atomic E-state index is 0.0992. The van der Waals surface area contributed by atoms with Gasteiger partial charge in [0.25, 0.3) is 0 Å². The van der Waals surface area contributed by atoms with Gasteiger partial charge in [0.15, 0.2) is 0 Å². The van der Waals surface area contributed by atoms with E-state index in [1.165, 1.54) is 19.3 Å². The molecule has 1 aromatic rings. The molecule has 1 heterocycles. The first-order chi connectivity index (χ1) is 9.26. The number of unbranched alkanes of at least 4 members (excludes halogenated alkanes) is 4. The molecule has 0 fully saturated rings. The largest absolute Gasteiger partial charge is 0.463 e. The highest BCUT2D eigenvalue weighted by atomic mass is 35.5. The molecule has 1 rings (SSSR count). The number of halogens is 1. The first-order valence-electron chi connectivity index (χ1n) is 6.93. The number of hydrogen-bond donors (Lipinski definition) is 0. The summed E-state index contributed by atoms with van der Waals surface area (Å²) in [6, 6.07) is 0.462. The lowest BCUT2D eigenvalue weighted by Crippen LogP contribution is -2.06. The van der Waals surface area contributed by atoms with Crippen molar-refractivity contribution in [1.29, 1.82) is 0 Å². The molecule has 19 heavy (non-hydrogen) atoms. The highest BCUT2D eigenvalue weighted by Gasteiger charge is 2.06. The number of rotatable bonds is 10. The van der Waals surface area contributed by atoms with Crippen LogP contribution in [0, 0.1) is 0 Å². The SMILES string of the molecule is CCCCCCCOc1nc(Cl)nc(OCCC)n1.